The molecule has 7 nitrogen and oxygen atoms in total. The molecule has 1 unspecified atom stereocenters. The number of rotatable bonds is 8. The second-order valence-electron chi connectivity index (χ2n) is 8.13. The normalized spacial score (nSPS) is 16.4. The van der Waals surface area contributed by atoms with Crippen molar-refractivity contribution in [3.63, 3.8) is 0 Å². The Hall–Kier alpha value is -2.87. The van der Waals surface area contributed by atoms with Crippen LogP contribution in [0.5, 0.6) is 0 Å². The first-order chi connectivity index (χ1) is 14.8. The zero-order valence-electron chi connectivity index (χ0n) is 17.9. The van der Waals surface area contributed by atoms with Crippen molar-refractivity contribution in [2.75, 3.05) is 17.8 Å². The fraction of sp³-hybridized carbons (Fsp3) is 0.391. The van der Waals surface area contributed by atoms with Crippen molar-refractivity contribution < 1.29 is 18.0 Å². The number of amides is 2. The minimum absolute atomic E-state index is 0.112. The van der Waals surface area contributed by atoms with Gasteiger partial charge in [0.25, 0.3) is 15.9 Å². The molecule has 0 aliphatic carbocycles. The lowest BCUT2D eigenvalue weighted by molar-refractivity contribution is -0.124. The van der Waals surface area contributed by atoms with Gasteiger partial charge in [-0.25, -0.2) is 8.42 Å². The quantitative estimate of drug-likeness (QED) is 0.655. The molecule has 31 heavy (non-hydrogen) atoms. The summed E-state index contributed by atoms with van der Waals surface area (Å²) in [6.45, 7) is 5.33. The molecular formula is C23H29N3O4S. The molecular weight excluding hydrogens is 414 g/mol. The highest BCUT2D eigenvalue weighted by atomic mass is 32.2. The Morgan fingerprint density at radius 2 is 1.74 bits per heavy atom. The molecule has 0 aromatic heterocycles. The molecule has 1 atom stereocenters. The summed E-state index contributed by atoms with van der Waals surface area (Å²) in [5.41, 5.74) is 0.786. The van der Waals surface area contributed by atoms with E-state index in [9.17, 15) is 18.0 Å². The summed E-state index contributed by atoms with van der Waals surface area (Å²) in [7, 11) is -3.70. The van der Waals surface area contributed by atoms with Crippen LogP contribution in [0.3, 0.4) is 0 Å². The molecule has 0 saturated carbocycles. The van der Waals surface area contributed by atoms with Gasteiger partial charge in [0.1, 0.15) is 6.04 Å². The van der Waals surface area contributed by atoms with Gasteiger partial charge in [-0.3, -0.25) is 14.3 Å². The summed E-state index contributed by atoms with van der Waals surface area (Å²) in [5, 5.41) is 2.93. The van der Waals surface area contributed by atoms with Crippen LogP contribution in [-0.2, 0) is 14.8 Å². The van der Waals surface area contributed by atoms with Gasteiger partial charge in [0.15, 0.2) is 0 Å². The van der Waals surface area contributed by atoms with E-state index in [2.05, 4.69) is 23.9 Å². The number of hydrogen-bond donors (Lipinski definition) is 2. The maximum atomic E-state index is 13.0. The maximum absolute atomic E-state index is 13.0. The van der Waals surface area contributed by atoms with Crippen molar-refractivity contribution in [3.8, 4) is 0 Å². The summed E-state index contributed by atoms with van der Waals surface area (Å²) in [6.07, 6.45) is 2.32. The first-order valence-electron chi connectivity index (χ1n) is 10.5. The zero-order chi connectivity index (χ0) is 22.4. The standard InChI is InChI=1S/C23H29N3O4S/c1-17(2)14-15-24-22(27)21-9-6-16-26(21)23(28)18-10-12-19(13-11-18)25-31(29,30)20-7-4-3-5-8-20/h3-5,7-8,10-13,17,21,25H,6,9,14-16H2,1-2H3,(H,24,27). The third-order valence-corrected chi connectivity index (χ3v) is 6.67. The molecule has 166 valence electrons. The topological polar surface area (TPSA) is 95.6 Å². The van der Waals surface area contributed by atoms with E-state index in [-0.39, 0.29) is 16.7 Å². The van der Waals surface area contributed by atoms with Crippen LogP contribution in [0.15, 0.2) is 59.5 Å². The fourth-order valence-corrected chi connectivity index (χ4v) is 4.62. The molecule has 2 aromatic rings. The van der Waals surface area contributed by atoms with Crippen LogP contribution < -0.4 is 10.0 Å². The molecule has 1 aliphatic heterocycles. The molecule has 8 heteroatoms. The molecule has 2 N–H and O–H groups in total. The Morgan fingerprint density at radius 3 is 2.39 bits per heavy atom. The van der Waals surface area contributed by atoms with E-state index >= 15 is 0 Å². The van der Waals surface area contributed by atoms with Crippen LogP contribution in [0.1, 0.15) is 43.5 Å². The molecule has 0 radical (unpaired) electrons. The van der Waals surface area contributed by atoms with Gasteiger partial charge in [-0.15, -0.1) is 0 Å². The van der Waals surface area contributed by atoms with E-state index in [1.807, 2.05) is 0 Å². The van der Waals surface area contributed by atoms with E-state index in [0.29, 0.717) is 36.7 Å². The second-order valence-corrected chi connectivity index (χ2v) is 9.81. The summed E-state index contributed by atoms with van der Waals surface area (Å²) < 4.78 is 27.4. The van der Waals surface area contributed by atoms with Crippen LogP contribution in [0.25, 0.3) is 0 Å². The van der Waals surface area contributed by atoms with E-state index in [1.165, 1.54) is 12.1 Å². The number of carbonyl (C=O) groups excluding carboxylic acids is 2. The van der Waals surface area contributed by atoms with Crippen molar-refractivity contribution in [2.24, 2.45) is 5.92 Å². The number of nitrogens with one attached hydrogen (secondary N) is 2. The molecule has 3 rings (SSSR count). The highest BCUT2D eigenvalue weighted by Gasteiger charge is 2.34. The van der Waals surface area contributed by atoms with E-state index in [0.717, 1.165) is 12.8 Å². The first-order valence-corrected chi connectivity index (χ1v) is 12.0. The Kier molecular flexibility index (Phi) is 7.33. The van der Waals surface area contributed by atoms with Crippen molar-refractivity contribution >= 4 is 27.5 Å². The predicted molar refractivity (Wildman–Crippen MR) is 120 cm³/mol. The van der Waals surface area contributed by atoms with Crippen molar-refractivity contribution in [2.45, 2.75) is 44.0 Å². The van der Waals surface area contributed by atoms with Gasteiger partial charge in [-0.1, -0.05) is 32.0 Å². The second kappa shape index (κ2) is 9.96. The number of sulfonamides is 1. The lowest BCUT2D eigenvalue weighted by Gasteiger charge is -2.24. The highest BCUT2D eigenvalue weighted by Crippen LogP contribution is 2.22. The molecule has 2 aromatic carbocycles. The lowest BCUT2D eigenvalue weighted by Crippen LogP contribution is -2.46. The summed E-state index contributed by atoms with van der Waals surface area (Å²) in [6, 6.07) is 13.9. The van der Waals surface area contributed by atoms with Crippen LogP contribution >= 0.6 is 0 Å². The first kappa shape index (κ1) is 22.8. The number of likely N-dealkylation sites (tertiary alicyclic amines) is 1. The van der Waals surface area contributed by atoms with Gasteiger partial charge in [-0.2, -0.15) is 0 Å². The van der Waals surface area contributed by atoms with E-state index < -0.39 is 16.1 Å². The fourth-order valence-electron chi connectivity index (χ4n) is 3.54. The number of nitrogens with zero attached hydrogens (tertiary/aromatic N) is 1. The van der Waals surface area contributed by atoms with E-state index in [4.69, 9.17) is 0 Å². The summed E-state index contributed by atoms with van der Waals surface area (Å²) >= 11 is 0. The SMILES string of the molecule is CC(C)CCNC(=O)C1CCCN1C(=O)c1ccc(NS(=O)(=O)c2ccccc2)cc1. The van der Waals surface area contributed by atoms with Gasteiger partial charge in [0.05, 0.1) is 4.90 Å². The smallest absolute Gasteiger partial charge is 0.261 e. The van der Waals surface area contributed by atoms with Gasteiger partial charge in [-0.05, 0) is 61.6 Å². The Bertz CT molecular complexity index is 1000. The van der Waals surface area contributed by atoms with Gasteiger partial charge >= 0.3 is 0 Å². The minimum atomic E-state index is -3.70. The van der Waals surface area contributed by atoms with Crippen molar-refractivity contribution in [1.82, 2.24) is 10.2 Å². The molecule has 1 fully saturated rings. The monoisotopic (exact) mass is 443 g/mol. The van der Waals surface area contributed by atoms with Gasteiger partial charge < -0.3 is 10.2 Å². The van der Waals surface area contributed by atoms with Crippen molar-refractivity contribution in [1.29, 1.82) is 0 Å². The molecule has 0 spiro atoms. The van der Waals surface area contributed by atoms with Crippen LogP contribution in [0.4, 0.5) is 5.69 Å². The molecule has 0 bridgehead atoms. The third kappa shape index (κ3) is 5.85. The van der Waals surface area contributed by atoms with Crippen LogP contribution in [0.2, 0.25) is 0 Å². The lowest BCUT2D eigenvalue weighted by atomic mass is 10.1. The average molecular weight is 444 g/mol. The average Bonchev–Trinajstić information content (AvgIpc) is 3.24. The third-order valence-electron chi connectivity index (χ3n) is 5.27. The predicted octanol–water partition coefficient (Wildman–Crippen LogP) is 3.25. The molecule has 2 amide bonds. The number of anilines is 1. The Labute approximate surface area is 183 Å². The molecule has 1 aliphatic rings. The Morgan fingerprint density at radius 1 is 1.06 bits per heavy atom. The number of carbonyl (C=O) groups is 2. The maximum Gasteiger partial charge on any atom is 0.261 e. The summed E-state index contributed by atoms with van der Waals surface area (Å²) in [5.74, 6) is 0.164. The molecule has 1 saturated heterocycles. The highest BCUT2D eigenvalue weighted by molar-refractivity contribution is 7.92. The largest absolute Gasteiger partial charge is 0.354 e. The minimum Gasteiger partial charge on any atom is -0.354 e. The Balaban J connectivity index is 1.65. The number of benzene rings is 2. The van der Waals surface area contributed by atoms with Crippen LogP contribution in [-0.4, -0.2) is 44.3 Å². The van der Waals surface area contributed by atoms with Gasteiger partial charge in [0.2, 0.25) is 5.91 Å². The molecule has 1 heterocycles. The number of hydrogen-bond acceptors (Lipinski definition) is 4. The zero-order valence-corrected chi connectivity index (χ0v) is 18.7. The van der Waals surface area contributed by atoms with E-state index in [1.54, 1.807) is 47.4 Å². The van der Waals surface area contributed by atoms with Crippen LogP contribution in [0, 0.1) is 5.92 Å². The summed E-state index contributed by atoms with van der Waals surface area (Å²) in [4.78, 5) is 27.3. The van der Waals surface area contributed by atoms with Gasteiger partial charge in [0, 0.05) is 24.3 Å². The van der Waals surface area contributed by atoms with Crippen molar-refractivity contribution in [3.05, 3.63) is 60.2 Å².